The van der Waals surface area contributed by atoms with Crippen molar-refractivity contribution in [3.8, 4) is 0 Å². The van der Waals surface area contributed by atoms with Crippen LogP contribution in [0.4, 0.5) is 11.4 Å². The van der Waals surface area contributed by atoms with Crippen LogP contribution >= 0.6 is 15.9 Å². The van der Waals surface area contributed by atoms with Crippen LogP contribution in [0, 0.1) is 0 Å². The Balaban J connectivity index is 1.08. The van der Waals surface area contributed by atoms with Crippen LogP contribution < -0.4 is 9.80 Å². The maximum absolute atomic E-state index is 14.9. The summed E-state index contributed by atoms with van der Waals surface area (Å²) < 4.78 is 0.924. The molecule has 0 unspecified atom stereocenters. The summed E-state index contributed by atoms with van der Waals surface area (Å²) in [6.45, 7) is 16.8. The molecule has 0 saturated carbocycles. The molecule has 0 N–H and O–H groups in total. The lowest BCUT2D eigenvalue weighted by molar-refractivity contribution is 0.0877. The topological polar surface area (TPSA) is 74.8 Å². The minimum atomic E-state index is -0.311. The number of benzene rings is 10. The normalized spacial score (nSPS) is 14.5. The Morgan fingerprint density at radius 3 is 0.862 bits per heavy atom. The summed E-state index contributed by atoms with van der Waals surface area (Å²) in [6, 6.07) is 34.7. The molecule has 0 radical (unpaired) electrons. The molecule has 4 amide bonds. The highest BCUT2D eigenvalue weighted by Crippen LogP contribution is 2.51. The molecule has 10 aromatic rings. The Kier molecular flexibility index (Phi) is 8.38. The van der Waals surface area contributed by atoms with Crippen molar-refractivity contribution in [2.75, 3.05) is 9.80 Å². The van der Waals surface area contributed by atoms with Crippen molar-refractivity contribution in [1.82, 2.24) is 0 Å². The van der Waals surface area contributed by atoms with E-state index in [2.05, 4.69) is 120 Å². The van der Waals surface area contributed by atoms with Gasteiger partial charge < -0.3 is 0 Å². The summed E-state index contributed by atoms with van der Waals surface area (Å²) in [5.74, 6) is -0.867. The average molecular weight is 914 g/mol. The minimum absolute atomic E-state index is 0.0713. The van der Waals surface area contributed by atoms with Crippen LogP contribution in [0.25, 0.3) is 75.4 Å². The smallest absolute Gasteiger partial charge is 0.266 e. The van der Waals surface area contributed by atoms with Gasteiger partial charge in [0.25, 0.3) is 23.6 Å². The SMILES string of the molecule is CC(C)c1cccc(C(C)C)c1N1C(=O)c2ccc3c4ccc5c6ccc7c8c(ccc(c9ccc(c%10ccc(c2c3%10)C1=O)c4c59)c86)C(=O)N(c1c(C(C)C)cc(Br)cc1C(C)C)C7=O. The number of para-hydroxylation sites is 1. The first kappa shape index (κ1) is 39.9. The highest BCUT2D eigenvalue weighted by Gasteiger charge is 2.40. The van der Waals surface area contributed by atoms with Crippen molar-refractivity contribution in [1.29, 1.82) is 0 Å². The van der Waals surface area contributed by atoms with E-state index in [9.17, 15) is 19.2 Å². The van der Waals surface area contributed by atoms with Gasteiger partial charge in [-0.05, 0) is 147 Å². The predicted octanol–water partition coefficient (Wildman–Crippen LogP) is 15.5. The average Bonchev–Trinajstić information content (AvgIpc) is 3.28. The monoisotopic (exact) mass is 912 g/mol. The van der Waals surface area contributed by atoms with Gasteiger partial charge in [-0.2, -0.15) is 0 Å². The fraction of sp³-hybridized carbons (Fsp3) is 0.207. The quantitative estimate of drug-likeness (QED) is 0.0946. The van der Waals surface area contributed by atoms with Crippen molar-refractivity contribution >= 4 is 126 Å². The molecule has 0 aliphatic carbocycles. The second-order valence-electron chi connectivity index (χ2n) is 19.4. The van der Waals surface area contributed by atoms with Gasteiger partial charge >= 0.3 is 0 Å². The third-order valence-corrected chi connectivity index (χ3v) is 15.0. The van der Waals surface area contributed by atoms with Gasteiger partial charge in [-0.3, -0.25) is 19.2 Å². The maximum atomic E-state index is 14.9. The number of fused-ring (bicyclic) bond motifs is 4. The molecular formula is C58H45BrN2O4. The summed E-state index contributed by atoms with van der Waals surface area (Å²) >= 11 is 3.70. The lowest BCUT2D eigenvalue weighted by atomic mass is 9.80. The molecule has 0 spiro atoms. The maximum Gasteiger partial charge on any atom is 0.266 e. The Morgan fingerprint density at radius 1 is 0.338 bits per heavy atom. The predicted molar refractivity (Wildman–Crippen MR) is 271 cm³/mol. The largest absolute Gasteiger partial charge is 0.268 e. The Morgan fingerprint density at radius 2 is 0.585 bits per heavy atom. The highest BCUT2D eigenvalue weighted by atomic mass is 79.9. The van der Waals surface area contributed by atoms with E-state index in [1.165, 1.54) is 9.80 Å². The van der Waals surface area contributed by atoms with Crippen LogP contribution in [0.3, 0.4) is 0 Å². The molecule has 2 heterocycles. The summed E-state index contributed by atoms with van der Waals surface area (Å²) in [7, 11) is 0. The molecule has 65 heavy (non-hydrogen) atoms. The van der Waals surface area contributed by atoms with Gasteiger partial charge in [0.2, 0.25) is 0 Å². The first-order valence-electron chi connectivity index (χ1n) is 22.7. The van der Waals surface area contributed by atoms with Crippen LogP contribution in [0.2, 0.25) is 0 Å². The van der Waals surface area contributed by atoms with E-state index in [1.54, 1.807) is 0 Å². The van der Waals surface area contributed by atoms with Crippen LogP contribution in [-0.2, 0) is 0 Å². The fourth-order valence-corrected chi connectivity index (χ4v) is 12.1. The van der Waals surface area contributed by atoms with Crippen molar-refractivity contribution in [3.63, 3.8) is 0 Å². The lowest BCUT2D eigenvalue weighted by Crippen LogP contribution is -2.41. The van der Waals surface area contributed by atoms with Crippen molar-refractivity contribution in [3.05, 3.63) is 152 Å². The van der Waals surface area contributed by atoms with Crippen molar-refractivity contribution < 1.29 is 19.2 Å². The molecular weight excluding hydrogens is 869 g/mol. The van der Waals surface area contributed by atoms with Gasteiger partial charge in [-0.25, -0.2) is 9.80 Å². The zero-order valence-corrected chi connectivity index (χ0v) is 39.1. The third kappa shape index (κ3) is 5.10. The molecule has 2 aliphatic rings. The summed E-state index contributed by atoms with van der Waals surface area (Å²) in [5, 5.41) is 13.5. The van der Waals surface area contributed by atoms with Gasteiger partial charge in [0.15, 0.2) is 0 Å². The summed E-state index contributed by atoms with van der Waals surface area (Å²) in [6.07, 6.45) is 0. The number of carbonyl (C=O) groups is 4. The van der Waals surface area contributed by atoms with Crippen LogP contribution in [-0.4, -0.2) is 23.6 Å². The van der Waals surface area contributed by atoms with Crippen LogP contribution in [0.15, 0.2) is 108 Å². The number of anilines is 2. The van der Waals surface area contributed by atoms with E-state index >= 15 is 0 Å². The van der Waals surface area contributed by atoms with E-state index in [4.69, 9.17) is 0 Å². The van der Waals surface area contributed by atoms with E-state index in [1.807, 2.05) is 54.6 Å². The molecule has 10 aromatic carbocycles. The summed E-state index contributed by atoms with van der Waals surface area (Å²) in [4.78, 5) is 62.3. The van der Waals surface area contributed by atoms with Gasteiger partial charge in [0.05, 0.1) is 11.4 Å². The number of hydrogen-bond donors (Lipinski definition) is 0. The van der Waals surface area contributed by atoms with Crippen LogP contribution in [0.1, 0.15) is 143 Å². The third-order valence-electron chi connectivity index (χ3n) is 14.5. The van der Waals surface area contributed by atoms with E-state index in [-0.39, 0.29) is 47.3 Å². The number of rotatable bonds is 6. The molecule has 0 fully saturated rings. The summed E-state index contributed by atoms with van der Waals surface area (Å²) in [5.41, 5.74) is 7.32. The first-order chi connectivity index (χ1) is 31.2. The zero-order valence-electron chi connectivity index (χ0n) is 37.5. The van der Waals surface area contributed by atoms with Crippen molar-refractivity contribution in [2.24, 2.45) is 0 Å². The molecule has 6 nitrogen and oxygen atoms in total. The molecule has 0 atom stereocenters. The van der Waals surface area contributed by atoms with Gasteiger partial charge in [-0.1, -0.05) is 138 Å². The lowest BCUT2D eigenvalue weighted by Gasteiger charge is -2.33. The van der Waals surface area contributed by atoms with Crippen molar-refractivity contribution in [2.45, 2.75) is 79.1 Å². The Bertz CT molecular complexity index is 3610. The molecule has 7 heteroatoms. The minimum Gasteiger partial charge on any atom is -0.268 e. The molecule has 0 saturated heterocycles. The Hall–Kier alpha value is -6.70. The molecule has 318 valence electrons. The van der Waals surface area contributed by atoms with E-state index in [0.29, 0.717) is 44.4 Å². The van der Waals surface area contributed by atoms with E-state index in [0.717, 1.165) is 91.4 Å². The number of nitrogens with zero attached hydrogens (tertiary/aromatic N) is 2. The standard InChI is InChI=1S/C58H45BrN2O4/c1-26(2)31-10-9-11-32(27(3)4)53(31)60-55(62)41-20-16-37-33-12-14-35-39-18-22-43-52-44(58(65)61(57(43)64)54-45(28(5)6)24-30(59)25-46(54)29(7)8)23-19-40(50(39)52)36-15-13-34(47(33)48(35)36)38-17-21-42(56(60)63)51(41)49(37)38/h9-29H,1-8H3. The number of amides is 4. The highest BCUT2D eigenvalue weighted by molar-refractivity contribution is 9.10. The second-order valence-corrected chi connectivity index (χ2v) is 20.4. The Labute approximate surface area is 384 Å². The first-order valence-corrected chi connectivity index (χ1v) is 23.5. The van der Waals surface area contributed by atoms with Gasteiger partial charge in [0.1, 0.15) is 0 Å². The number of hydrogen-bond acceptors (Lipinski definition) is 4. The number of carbonyl (C=O) groups excluding carboxylic acids is 4. The number of imide groups is 2. The number of halogens is 1. The molecule has 2 aliphatic heterocycles. The van der Waals surface area contributed by atoms with Gasteiger partial charge in [0, 0.05) is 37.5 Å². The fourth-order valence-electron chi connectivity index (χ4n) is 11.6. The van der Waals surface area contributed by atoms with E-state index < -0.39 is 0 Å². The molecule has 0 bridgehead atoms. The molecule has 12 rings (SSSR count). The van der Waals surface area contributed by atoms with Crippen LogP contribution in [0.5, 0.6) is 0 Å². The molecule has 0 aromatic heterocycles. The second kappa shape index (κ2) is 13.7. The van der Waals surface area contributed by atoms with Gasteiger partial charge in [-0.15, -0.1) is 0 Å². The zero-order chi connectivity index (χ0) is 45.2.